The lowest BCUT2D eigenvalue weighted by molar-refractivity contribution is -0.0419. The number of hydrogen-bond acceptors (Lipinski definition) is 9. The van der Waals surface area contributed by atoms with E-state index >= 15 is 0 Å². The first kappa shape index (κ1) is 19.5. The second-order valence-corrected chi connectivity index (χ2v) is 7.18. The van der Waals surface area contributed by atoms with Crippen molar-refractivity contribution in [2.75, 3.05) is 37.7 Å². The van der Waals surface area contributed by atoms with Crippen molar-refractivity contribution in [1.82, 2.24) is 24.4 Å². The third kappa shape index (κ3) is 4.01. The number of nitrogens with zero attached hydrogens (tertiary/aromatic N) is 5. The smallest absolute Gasteiger partial charge is 0.167 e. The van der Waals surface area contributed by atoms with E-state index in [0.29, 0.717) is 17.7 Å². The van der Waals surface area contributed by atoms with Gasteiger partial charge >= 0.3 is 0 Å². The summed E-state index contributed by atoms with van der Waals surface area (Å²) in [6, 6.07) is 9.96. The van der Waals surface area contributed by atoms with Gasteiger partial charge in [0.2, 0.25) is 0 Å². The molecule has 0 aliphatic carbocycles. The summed E-state index contributed by atoms with van der Waals surface area (Å²) < 4.78 is 7.55. The Kier molecular flexibility index (Phi) is 5.58. The number of hydrogen-bond donors (Lipinski definition) is 4. The van der Waals surface area contributed by atoms with Crippen LogP contribution in [0.5, 0.6) is 0 Å². The fourth-order valence-corrected chi connectivity index (χ4v) is 3.51. The number of nitrogens with one attached hydrogen (secondary N) is 1. The Labute approximate surface area is 168 Å². The van der Waals surface area contributed by atoms with Crippen molar-refractivity contribution in [1.29, 1.82) is 0 Å². The molecule has 3 aromatic rings. The maximum atomic E-state index is 10.5. The van der Waals surface area contributed by atoms with Gasteiger partial charge in [0.05, 0.1) is 6.33 Å². The fraction of sp³-hybridized carbons (Fsp3) is 0.421. The van der Waals surface area contributed by atoms with Gasteiger partial charge in [0.1, 0.15) is 30.2 Å². The van der Waals surface area contributed by atoms with E-state index in [1.165, 1.54) is 12.7 Å². The Morgan fingerprint density at radius 1 is 1.17 bits per heavy atom. The fourth-order valence-electron chi connectivity index (χ4n) is 3.51. The molecule has 1 aliphatic rings. The lowest BCUT2D eigenvalue weighted by atomic mass is 10.1. The minimum atomic E-state index is -1.11. The van der Waals surface area contributed by atoms with Crippen molar-refractivity contribution >= 4 is 22.7 Å². The Bertz CT molecular complexity index is 951. The van der Waals surface area contributed by atoms with Crippen LogP contribution in [0.15, 0.2) is 43.0 Å². The highest BCUT2D eigenvalue weighted by molar-refractivity contribution is 5.81. The van der Waals surface area contributed by atoms with Crippen LogP contribution in [0.2, 0.25) is 0 Å². The number of aliphatic hydroxyl groups excluding tert-OH is 2. The van der Waals surface area contributed by atoms with E-state index in [-0.39, 0.29) is 5.82 Å². The number of ether oxygens (including phenoxy) is 1. The first-order chi connectivity index (χ1) is 14.0. The number of fused-ring (bicyclic) bond motifs is 1. The van der Waals surface area contributed by atoms with Crippen LogP contribution in [-0.4, -0.2) is 79.6 Å². The molecule has 1 aromatic carbocycles. The molecule has 3 heterocycles. The molecule has 4 atom stereocenters. The summed E-state index contributed by atoms with van der Waals surface area (Å²) in [6.07, 6.45) is -0.658. The van der Waals surface area contributed by atoms with Crippen molar-refractivity contribution in [3.05, 3.63) is 43.0 Å². The van der Waals surface area contributed by atoms with Gasteiger partial charge in [-0.25, -0.2) is 15.0 Å². The molecule has 0 spiro atoms. The molecule has 2 aromatic heterocycles. The topological polar surface area (TPSA) is 135 Å². The van der Waals surface area contributed by atoms with Gasteiger partial charge in [-0.2, -0.15) is 0 Å². The van der Waals surface area contributed by atoms with Crippen LogP contribution in [0.4, 0.5) is 11.5 Å². The highest BCUT2D eigenvalue weighted by Crippen LogP contribution is 2.32. The summed E-state index contributed by atoms with van der Waals surface area (Å²) in [5.41, 5.74) is 7.77. The Morgan fingerprint density at radius 2 is 1.97 bits per heavy atom. The highest BCUT2D eigenvalue weighted by atomic mass is 16.6. The number of para-hydroxylation sites is 1. The van der Waals surface area contributed by atoms with Crippen molar-refractivity contribution < 1.29 is 14.9 Å². The molecule has 5 N–H and O–H groups in total. The maximum absolute atomic E-state index is 10.5. The maximum Gasteiger partial charge on any atom is 0.167 e. The number of rotatable bonds is 7. The van der Waals surface area contributed by atoms with Gasteiger partial charge in [0, 0.05) is 25.3 Å². The molecule has 1 unspecified atom stereocenters. The summed E-state index contributed by atoms with van der Waals surface area (Å²) in [7, 11) is 1.95. The van der Waals surface area contributed by atoms with Gasteiger partial charge in [-0.15, -0.1) is 0 Å². The standard InChI is InChI=1S/C19H25N7O3/c1-25(8-7-21-12-5-3-2-4-6-12)9-13-15(27)16(28)19(29-13)26-11-24-14-17(20)22-10-23-18(14)26/h2-6,10-11,13,15-16,19,21,27-28H,7-9H2,1H3,(H2,20,22,23)/t13?,15-,16-,19-/m1/s1. The lowest BCUT2D eigenvalue weighted by Crippen LogP contribution is -2.39. The molecule has 1 saturated heterocycles. The van der Waals surface area contributed by atoms with Crippen molar-refractivity contribution in [3.8, 4) is 0 Å². The molecule has 0 amide bonds. The van der Waals surface area contributed by atoms with Gasteiger partial charge in [-0.1, -0.05) is 18.2 Å². The molecule has 1 aliphatic heterocycles. The van der Waals surface area contributed by atoms with Crippen LogP contribution in [0.1, 0.15) is 6.23 Å². The second-order valence-electron chi connectivity index (χ2n) is 7.18. The van der Waals surface area contributed by atoms with Gasteiger partial charge in [-0.3, -0.25) is 4.57 Å². The number of imidazole rings is 1. The van der Waals surface area contributed by atoms with Crippen LogP contribution in [-0.2, 0) is 4.74 Å². The molecular weight excluding hydrogens is 374 g/mol. The number of likely N-dealkylation sites (N-methyl/N-ethyl adjacent to an activating group) is 1. The average Bonchev–Trinajstić information content (AvgIpc) is 3.26. The monoisotopic (exact) mass is 399 g/mol. The molecular formula is C19H25N7O3. The molecule has 0 radical (unpaired) electrons. The van der Waals surface area contributed by atoms with E-state index in [1.807, 2.05) is 42.3 Å². The van der Waals surface area contributed by atoms with Crippen molar-refractivity contribution in [2.45, 2.75) is 24.5 Å². The van der Waals surface area contributed by atoms with E-state index in [2.05, 4.69) is 20.3 Å². The summed E-state index contributed by atoms with van der Waals surface area (Å²) >= 11 is 0. The zero-order valence-electron chi connectivity index (χ0n) is 16.1. The predicted molar refractivity (Wildman–Crippen MR) is 108 cm³/mol. The summed E-state index contributed by atoms with van der Waals surface area (Å²) in [4.78, 5) is 14.3. The minimum Gasteiger partial charge on any atom is -0.387 e. The van der Waals surface area contributed by atoms with Gasteiger partial charge in [0.15, 0.2) is 17.7 Å². The van der Waals surface area contributed by atoms with Gasteiger partial charge in [0.25, 0.3) is 0 Å². The Morgan fingerprint density at radius 3 is 2.76 bits per heavy atom. The molecule has 0 saturated carbocycles. The SMILES string of the molecule is CN(CCNc1ccccc1)CC1O[C@@H](n2cnc3c(N)ncnc32)[C@H](O)[C@@H]1O. The minimum absolute atomic E-state index is 0.254. The molecule has 29 heavy (non-hydrogen) atoms. The molecule has 154 valence electrons. The third-order valence-corrected chi connectivity index (χ3v) is 5.09. The largest absolute Gasteiger partial charge is 0.387 e. The summed E-state index contributed by atoms with van der Waals surface area (Å²) in [6.45, 7) is 1.96. The quantitative estimate of drug-likeness (QED) is 0.435. The van der Waals surface area contributed by atoms with E-state index in [9.17, 15) is 10.2 Å². The molecule has 10 nitrogen and oxygen atoms in total. The normalized spacial score (nSPS) is 24.4. The Balaban J connectivity index is 1.37. The van der Waals surface area contributed by atoms with Crippen LogP contribution >= 0.6 is 0 Å². The molecule has 10 heteroatoms. The molecule has 4 rings (SSSR count). The van der Waals surface area contributed by atoms with Gasteiger partial charge < -0.3 is 30.9 Å². The average molecular weight is 399 g/mol. The van der Waals surface area contributed by atoms with E-state index in [0.717, 1.165) is 18.8 Å². The third-order valence-electron chi connectivity index (χ3n) is 5.09. The van der Waals surface area contributed by atoms with Crippen molar-refractivity contribution in [3.63, 3.8) is 0 Å². The second kappa shape index (κ2) is 8.29. The van der Waals surface area contributed by atoms with Crippen LogP contribution in [0.25, 0.3) is 11.2 Å². The van der Waals surface area contributed by atoms with E-state index in [4.69, 9.17) is 10.5 Å². The zero-order chi connectivity index (χ0) is 20.4. The Hall–Kier alpha value is -2.79. The highest BCUT2D eigenvalue weighted by Gasteiger charge is 2.44. The number of benzene rings is 1. The van der Waals surface area contributed by atoms with Crippen LogP contribution < -0.4 is 11.1 Å². The molecule has 1 fully saturated rings. The lowest BCUT2D eigenvalue weighted by Gasteiger charge is -2.23. The number of aromatic nitrogens is 4. The first-order valence-corrected chi connectivity index (χ1v) is 9.46. The van der Waals surface area contributed by atoms with E-state index in [1.54, 1.807) is 4.57 Å². The summed E-state index contributed by atoms with van der Waals surface area (Å²) in [5, 5.41) is 24.4. The molecule has 0 bridgehead atoms. The van der Waals surface area contributed by atoms with Crippen LogP contribution in [0, 0.1) is 0 Å². The number of aliphatic hydroxyl groups is 2. The number of nitrogens with two attached hydrogens (primary N) is 1. The zero-order valence-corrected chi connectivity index (χ0v) is 16.1. The predicted octanol–water partition coefficient (Wildman–Crippen LogP) is 0.0716. The van der Waals surface area contributed by atoms with Gasteiger partial charge in [-0.05, 0) is 19.2 Å². The number of anilines is 2. The van der Waals surface area contributed by atoms with E-state index < -0.39 is 24.5 Å². The first-order valence-electron chi connectivity index (χ1n) is 9.46. The summed E-state index contributed by atoms with van der Waals surface area (Å²) in [5.74, 6) is 0.254. The van der Waals surface area contributed by atoms with Crippen LogP contribution in [0.3, 0.4) is 0 Å². The van der Waals surface area contributed by atoms with Crippen molar-refractivity contribution in [2.24, 2.45) is 0 Å². The number of nitrogen functional groups attached to an aromatic ring is 1.